The molecule has 2 heteroatoms. The zero-order valence-corrected chi connectivity index (χ0v) is 9.57. The number of aliphatic hydroxyl groups excluding tert-OH is 1. The van der Waals surface area contributed by atoms with Crippen molar-refractivity contribution in [2.24, 2.45) is 0 Å². The number of allylic oxidation sites excluding steroid dienone is 1. The number of Topliss-reactive ketones (excluding diaryl/α,β-unsaturated/α-hetero) is 1. The minimum Gasteiger partial charge on any atom is -0.392 e. The number of rotatable bonds is 1. The van der Waals surface area contributed by atoms with Crippen molar-refractivity contribution in [1.82, 2.24) is 0 Å². The highest BCUT2D eigenvalue weighted by molar-refractivity contribution is 5.98. The van der Waals surface area contributed by atoms with Crippen molar-refractivity contribution in [2.45, 2.75) is 19.3 Å². The average molecular weight is 226 g/mol. The van der Waals surface area contributed by atoms with Crippen LogP contribution in [0.15, 0.2) is 41.5 Å². The Balaban J connectivity index is 2.29. The summed E-state index contributed by atoms with van der Waals surface area (Å²) in [4.78, 5) is 11.6. The molecule has 0 saturated carbocycles. The van der Waals surface area contributed by atoms with Gasteiger partial charge in [0.25, 0.3) is 0 Å². The Morgan fingerprint density at radius 1 is 1.12 bits per heavy atom. The summed E-state index contributed by atoms with van der Waals surface area (Å²) in [5.41, 5.74) is 2.22. The normalized spacial score (nSPS) is 15.5. The average Bonchev–Trinajstić information content (AvgIpc) is 2.37. The van der Waals surface area contributed by atoms with Crippen molar-refractivity contribution >= 4 is 5.78 Å². The van der Waals surface area contributed by atoms with Gasteiger partial charge in [-0.2, -0.15) is 0 Å². The number of ketones is 1. The molecule has 2 rings (SSSR count). The van der Waals surface area contributed by atoms with Crippen LogP contribution < -0.4 is 0 Å². The van der Waals surface area contributed by atoms with Crippen LogP contribution >= 0.6 is 0 Å². The van der Waals surface area contributed by atoms with E-state index in [9.17, 15) is 9.90 Å². The Morgan fingerprint density at radius 3 is 2.59 bits per heavy atom. The lowest BCUT2D eigenvalue weighted by molar-refractivity contribution is -0.116. The van der Waals surface area contributed by atoms with E-state index in [0.29, 0.717) is 12.0 Å². The maximum Gasteiger partial charge on any atom is 0.162 e. The Bertz CT molecular complexity index is 501. The van der Waals surface area contributed by atoms with Gasteiger partial charge in [0.05, 0.1) is 6.61 Å². The molecule has 1 aromatic rings. The van der Waals surface area contributed by atoms with Gasteiger partial charge in [-0.05, 0) is 25.0 Å². The van der Waals surface area contributed by atoms with Gasteiger partial charge in [-0.15, -0.1) is 0 Å². The molecule has 0 aromatic heterocycles. The molecule has 17 heavy (non-hydrogen) atoms. The second-order valence-corrected chi connectivity index (χ2v) is 4.01. The van der Waals surface area contributed by atoms with E-state index in [1.165, 1.54) is 0 Å². The highest BCUT2D eigenvalue weighted by atomic mass is 16.3. The van der Waals surface area contributed by atoms with Gasteiger partial charge in [0.15, 0.2) is 5.78 Å². The largest absolute Gasteiger partial charge is 0.392 e. The van der Waals surface area contributed by atoms with Crippen LogP contribution in [0, 0.1) is 11.8 Å². The van der Waals surface area contributed by atoms with E-state index in [1.54, 1.807) is 0 Å². The van der Waals surface area contributed by atoms with Crippen LogP contribution in [0.4, 0.5) is 0 Å². The lowest BCUT2D eigenvalue weighted by atomic mass is 9.91. The van der Waals surface area contributed by atoms with E-state index >= 15 is 0 Å². The first kappa shape index (κ1) is 11.6. The van der Waals surface area contributed by atoms with Crippen LogP contribution in [0.2, 0.25) is 0 Å². The molecule has 0 amide bonds. The summed E-state index contributed by atoms with van der Waals surface area (Å²) in [5.74, 6) is 6.08. The van der Waals surface area contributed by atoms with Crippen LogP contribution in [-0.2, 0) is 4.79 Å². The van der Waals surface area contributed by atoms with Crippen molar-refractivity contribution < 1.29 is 9.90 Å². The van der Waals surface area contributed by atoms with E-state index < -0.39 is 0 Å². The third-order valence-electron chi connectivity index (χ3n) is 2.82. The fourth-order valence-electron chi connectivity index (χ4n) is 1.89. The molecule has 1 aliphatic carbocycles. The smallest absolute Gasteiger partial charge is 0.162 e. The van der Waals surface area contributed by atoms with Crippen molar-refractivity contribution in [3.05, 3.63) is 47.0 Å². The number of carbonyl (C=O) groups excluding carboxylic acids is 1. The van der Waals surface area contributed by atoms with Crippen LogP contribution in [0.3, 0.4) is 0 Å². The molecule has 86 valence electrons. The fraction of sp³-hybridized carbons (Fsp3) is 0.267. The molecule has 0 atom stereocenters. The van der Waals surface area contributed by atoms with Gasteiger partial charge in [-0.25, -0.2) is 0 Å². The number of hydrogen-bond donors (Lipinski definition) is 1. The Labute approximate surface area is 101 Å². The molecule has 0 bridgehead atoms. The zero-order chi connectivity index (χ0) is 12.1. The highest BCUT2D eigenvalue weighted by Gasteiger charge is 2.18. The first-order valence-electron chi connectivity index (χ1n) is 5.74. The Morgan fingerprint density at radius 2 is 1.88 bits per heavy atom. The van der Waals surface area contributed by atoms with Gasteiger partial charge in [-0.1, -0.05) is 30.0 Å². The standard InChI is InChI=1S/C15H14O2/c16-11-14-13(7-4-8-15(14)17)10-9-12-5-2-1-3-6-12/h1-3,5-6,16H,4,7-8,11H2. The number of hydrogen-bond acceptors (Lipinski definition) is 2. The lowest BCUT2D eigenvalue weighted by Gasteiger charge is -2.13. The molecule has 0 unspecified atom stereocenters. The summed E-state index contributed by atoms with van der Waals surface area (Å²) in [5, 5.41) is 9.18. The Hall–Kier alpha value is -1.85. The van der Waals surface area contributed by atoms with Gasteiger partial charge in [0.2, 0.25) is 0 Å². The molecule has 0 heterocycles. The van der Waals surface area contributed by atoms with Gasteiger partial charge in [-0.3, -0.25) is 4.79 Å². The molecule has 1 N–H and O–H groups in total. The van der Waals surface area contributed by atoms with Gasteiger partial charge in [0, 0.05) is 23.1 Å². The molecule has 1 aromatic carbocycles. The molecule has 0 fully saturated rings. The predicted molar refractivity (Wildman–Crippen MR) is 66.3 cm³/mol. The summed E-state index contributed by atoms with van der Waals surface area (Å²) in [6.45, 7) is -0.197. The van der Waals surface area contributed by atoms with E-state index in [0.717, 1.165) is 24.0 Å². The summed E-state index contributed by atoms with van der Waals surface area (Å²) in [7, 11) is 0. The van der Waals surface area contributed by atoms with Gasteiger partial charge >= 0.3 is 0 Å². The quantitative estimate of drug-likeness (QED) is 0.744. The maximum atomic E-state index is 11.6. The molecule has 0 aliphatic heterocycles. The zero-order valence-electron chi connectivity index (χ0n) is 9.57. The number of carbonyl (C=O) groups is 1. The highest BCUT2D eigenvalue weighted by Crippen LogP contribution is 2.21. The Kier molecular flexibility index (Phi) is 3.74. The summed E-state index contributed by atoms with van der Waals surface area (Å²) >= 11 is 0. The summed E-state index contributed by atoms with van der Waals surface area (Å²) in [6.07, 6.45) is 2.16. The second-order valence-electron chi connectivity index (χ2n) is 4.01. The van der Waals surface area contributed by atoms with Crippen LogP contribution in [0.5, 0.6) is 0 Å². The summed E-state index contributed by atoms with van der Waals surface area (Å²) in [6, 6.07) is 9.65. The lowest BCUT2D eigenvalue weighted by Crippen LogP contribution is -2.13. The van der Waals surface area contributed by atoms with Crippen molar-refractivity contribution in [3.8, 4) is 11.8 Å². The van der Waals surface area contributed by atoms with E-state index in [1.807, 2.05) is 30.3 Å². The van der Waals surface area contributed by atoms with E-state index in [2.05, 4.69) is 11.8 Å². The molecule has 0 saturated heterocycles. The fourth-order valence-corrected chi connectivity index (χ4v) is 1.89. The van der Waals surface area contributed by atoms with Crippen molar-refractivity contribution in [3.63, 3.8) is 0 Å². The number of benzene rings is 1. The predicted octanol–water partition coefficient (Wildman–Crippen LogP) is 2.08. The van der Waals surface area contributed by atoms with Gasteiger partial charge in [0.1, 0.15) is 0 Å². The molecular formula is C15H14O2. The molecule has 0 spiro atoms. The maximum absolute atomic E-state index is 11.6. The third-order valence-corrected chi connectivity index (χ3v) is 2.82. The topological polar surface area (TPSA) is 37.3 Å². The SMILES string of the molecule is O=C1CCCC(C#Cc2ccccc2)=C1CO. The summed E-state index contributed by atoms with van der Waals surface area (Å²) < 4.78 is 0. The van der Waals surface area contributed by atoms with Crippen LogP contribution in [0.1, 0.15) is 24.8 Å². The molecule has 1 aliphatic rings. The van der Waals surface area contributed by atoms with Crippen molar-refractivity contribution in [1.29, 1.82) is 0 Å². The first-order valence-corrected chi connectivity index (χ1v) is 5.74. The minimum absolute atomic E-state index is 0.0381. The minimum atomic E-state index is -0.197. The monoisotopic (exact) mass is 226 g/mol. The van der Waals surface area contributed by atoms with Crippen LogP contribution in [-0.4, -0.2) is 17.5 Å². The van der Waals surface area contributed by atoms with Crippen LogP contribution in [0.25, 0.3) is 0 Å². The molecule has 2 nitrogen and oxygen atoms in total. The van der Waals surface area contributed by atoms with E-state index in [-0.39, 0.29) is 12.4 Å². The van der Waals surface area contributed by atoms with Crippen molar-refractivity contribution in [2.75, 3.05) is 6.61 Å². The second kappa shape index (κ2) is 5.47. The van der Waals surface area contributed by atoms with E-state index in [4.69, 9.17) is 0 Å². The molecular weight excluding hydrogens is 212 g/mol. The third kappa shape index (κ3) is 2.83. The van der Waals surface area contributed by atoms with Gasteiger partial charge < -0.3 is 5.11 Å². The number of aliphatic hydroxyl groups is 1. The molecule has 0 radical (unpaired) electrons. The first-order chi connectivity index (χ1) is 8.31.